The van der Waals surface area contributed by atoms with Gasteiger partial charge in [-0.15, -0.1) is 0 Å². The Morgan fingerprint density at radius 2 is 1.56 bits per heavy atom. The summed E-state index contributed by atoms with van der Waals surface area (Å²) in [5, 5.41) is 21.1. The molecule has 0 heterocycles. The van der Waals surface area contributed by atoms with E-state index in [1.165, 1.54) is 0 Å². The van der Waals surface area contributed by atoms with Crippen LogP contribution in [0.2, 0.25) is 0 Å². The van der Waals surface area contributed by atoms with E-state index in [1.54, 1.807) is 30.3 Å². The fraction of sp³-hybridized carbons (Fsp3) is 0.125. The van der Waals surface area contributed by atoms with Gasteiger partial charge in [-0.2, -0.15) is 0 Å². The van der Waals surface area contributed by atoms with E-state index in [2.05, 4.69) is 21.3 Å². The maximum Gasteiger partial charge on any atom is 0.409 e. The second kappa shape index (κ2) is 9.49. The molecule has 7 nitrogen and oxygen atoms in total. The highest BCUT2D eigenvalue weighted by Crippen LogP contribution is 2.32. The lowest BCUT2D eigenvalue weighted by Gasteiger charge is -2.17. The molecule has 3 aromatic carbocycles. The molecule has 8 heteroatoms. The summed E-state index contributed by atoms with van der Waals surface area (Å²) < 4.78 is 0. The average Bonchev–Trinajstić information content (AvgIpc) is 3.17. The molecule has 1 aliphatic carbocycles. The van der Waals surface area contributed by atoms with Crippen LogP contribution in [0.4, 0.5) is 21.9 Å². The Bertz CT molecular complexity index is 1170. The van der Waals surface area contributed by atoms with E-state index in [1.807, 2.05) is 42.5 Å². The zero-order valence-corrected chi connectivity index (χ0v) is 17.9. The number of fused-ring (bicyclic) bond motifs is 1. The number of para-hydroxylation sites is 3. The molecule has 32 heavy (non-hydrogen) atoms. The predicted molar refractivity (Wildman–Crippen MR) is 129 cm³/mol. The fourth-order valence-electron chi connectivity index (χ4n) is 3.77. The van der Waals surface area contributed by atoms with Crippen molar-refractivity contribution in [2.24, 2.45) is 0 Å². The van der Waals surface area contributed by atoms with Gasteiger partial charge in [0.25, 0.3) is 5.91 Å². The lowest BCUT2D eigenvalue weighted by Crippen LogP contribution is -2.31. The molecule has 0 spiro atoms. The molecule has 0 fully saturated rings. The number of thiocarbonyl (C=S) groups is 1. The van der Waals surface area contributed by atoms with Crippen LogP contribution >= 0.6 is 12.2 Å². The molecule has 0 aliphatic heterocycles. The van der Waals surface area contributed by atoms with Gasteiger partial charge in [-0.3, -0.25) is 10.1 Å². The number of aryl methyl sites for hydroxylation is 1. The van der Waals surface area contributed by atoms with Crippen LogP contribution in [0, 0.1) is 0 Å². The molecular weight excluding hydrogens is 424 g/mol. The number of amides is 2. The molecule has 2 amide bonds. The normalized spacial score (nSPS) is 14.2. The Morgan fingerprint density at radius 1 is 0.875 bits per heavy atom. The Kier molecular flexibility index (Phi) is 6.32. The van der Waals surface area contributed by atoms with Crippen molar-refractivity contribution in [3.05, 3.63) is 89.5 Å². The molecule has 0 radical (unpaired) electrons. The Morgan fingerprint density at radius 3 is 2.28 bits per heavy atom. The van der Waals surface area contributed by atoms with Gasteiger partial charge in [0, 0.05) is 11.3 Å². The van der Waals surface area contributed by atoms with Crippen molar-refractivity contribution in [2.45, 2.75) is 18.9 Å². The summed E-state index contributed by atoms with van der Waals surface area (Å²) in [6.07, 6.45) is 0.518. The van der Waals surface area contributed by atoms with Crippen molar-refractivity contribution in [2.75, 3.05) is 16.0 Å². The summed E-state index contributed by atoms with van der Waals surface area (Å²) >= 11 is 5.45. The van der Waals surface area contributed by atoms with Crippen LogP contribution in [0.3, 0.4) is 0 Å². The monoisotopic (exact) mass is 446 g/mol. The average molecular weight is 447 g/mol. The number of carbonyl (C=O) groups excluding carboxylic acids is 1. The van der Waals surface area contributed by atoms with Gasteiger partial charge in [-0.05, 0) is 72.6 Å². The second-order valence-corrected chi connectivity index (χ2v) is 7.81. The van der Waals surface area contributed by atoms with E-state index < -0.39 is 6.09 Å². The molecule has 0 bridgehead atoms. The van der Waals surface area contributed by atoms with Crippen LogP contribution in [-0.4, -0.2) is 22.2 Å². The molecule has 1 unspecified atom stereocenters. The van der Waals surface area contributed by atoms with Gasteiger partial charge in [-0.1, -0.05) is 36.4 Å². The first kappa shape index (κ1) is 21.3. The number of hydrogen-bond donors (Lipinski definition) is 5. The standard InChI is InChI=1S/C24H22N4O3S/c29-22(26-20-8-4-5-9-21(20)28-24(30)31)16-10-12-18-15(14-16)11-13-19(18)27-23(32)25-17-6-2-1-3-7-17/h1-10,12,14,19,28H,11,13H2,(H,26,29)(H,30,31)(H2,25,27,32). The number of carbonyl (C=O) groups is 2. The summed E-state index contributed by atoms with van der Waals surface area (Å²) in [6.45, 7) is 0. The third kappa shape index (κ3) is 5.04. The number of nitrogens with one attached hydrogen (secondary N) is 4. The lowest BCUT2D eigenvalue weighted by atomic mass is 10.0. The molecular formula is C24H22N4O3S. The van der Waals surface area contributed by atoms with Gasteiger partial charge >= 0.3 is 6.09 Å². The highest BCUT2D eigenvalue weighted by Gasteiger charge is 2.24. The van der Waals surface area contributed by atoms with E-state index in [0.29, 0.717) is 22.1 Å². The summed E-state index contributed by atoms with van der Waals surface area (Å²) in [5.41, 5.74) is 4.37. The van der Waals surface area contributed by atoms with Gasteiger partial charge in [0.05, 0.1) is 17.4 Å². The maximum atomic E-state index is 12.8. The topological polar surface area (TPSA) is 102 Å². The van der Waals surface area contributed by atoms with Crippen LogP contribution in [0.1, 0.15) is 33.9 Å². The number of anilines is 3. The van der Waals surface area contributed by atoms with E-state index in [0.717, 1.165) is 29.7 Å². The Balaban J connectivity index is 1.43. The van der Waals surface area contributed by atoms with Gasteiger partial charge in [0.1, 0.15) is 0 Å². The van der Waals surface area contributed by atoms with Crippen LogP contribution in [-0.2, 0) is 6.42 Å². The summed E-state index contributed by atoms with van der Waals surface area (Å²) in [6, 6.07) is 22.1. The minimum Gasteiger partial charge on any atom is -0.465 e. The van der Waals surface area contributed by atoms with Crippen molar-refractivity contribution in [1.29, 1.82) is 0 Å². The lowest BCUT2D eigenvalue weighted by molar-refractivity contribution is 0.102. The first-order valence-electron chi connectivity index (χ1n) is 10.2. The third-order valence-corrected chi connectivity index (χ3v) is 5.46. The molecule has 0 aromatic heterocycles. The SMILES string of the molecule is O=C(O)Nc1ccccc1NC(=O)c1ccc2c(c1)CCC2NC(=S)Nc1ccccc1. The van der Waals surface area contributed by atoms with Gasteiger partial charge in [0.2, 0.25) is 0 Å². The minimum absolute atomic E-state index is 0.0753. The zero-order valence-electron chi connectivity index (χ0n) is 17.1. The molecule has 1 aliphatic rings. The fourth-order valence-corrected chi connectivity index (χ4v) is 4.03. The first-order valence-corrected chi connectivity index (χ1v) is 10.6. The molecule has 1 atom stereocenters. The zero-order chi connectivity index (χ0) is 22.5. The van der Waals surface area contributed by atoms with Crippen molar-refractivity contribution in [3.8, 4) is 0 Å². The highest BCUT2D eigenvalue weighted by atomic mass is 32.1. The number of hydrogen-bond acceptors (Lipinski definition) is 3. The summed E-state index contributed by atoms with van der Waals surface area (Å²) in [4.78, 5) is 23.8. The van der Waals surface area contributed by atoms with Crippen molar-refractivity contribution in [1.82, 2.24) is 5.32 Å². The Labute approximate surface area is 190 Å². The Hall–Kier alpha value is -3.91. The van der Waals surface area contributed by atoms with Gasteiger partial charge in [0.15, 0.2) is 5.11 Å². The number of benzene rings is 3. The van der Waals surface area contributed by atoms with Crippen LogP contribution in [0.15, 0.2) is 72.8 Å². The predicted octanol–water partition coefficient (Wildman–Crippen LogP) is 5.00. The largest absolute Gasteiger partial charge is 0.465 e. The van der Waals surface area contributed by atoms with Crippen LogP contribution in [0.25, 0.3) is 0 Å². The molecule has 162 valence electrons. The minimum atomic E-state index is -1.19. The van der Waals surface area contributed by atoms with E-state index >= 15 is 0 Å². The summed E-state index contributed by atoms with van der Waals surface area (Å²) in [7, 11) is 0. The van der Waals surface area contributed by atoms with Crippen molar-refractivity contribution >= 4 is 46.4 Å². The van der Waals surface area contributed by atoms with Crippen molar-refractivity contribution in [3.63, 3.8) is 0 Å². The molecule has 5 N–H and O–H groups in total. The second-order valence-electron chi connectivity index (χ2n) is 7.40. The molecule has 3 aromatic rings. The summed E-state index contributed by atoms with van der Waals surface area (Å²) in [5.74, 6) is -0.301. The van der Waals surface area contributed by atoms with Gasteiger partial charge in [-0.25, -0.2) is 4.79 Å². The maximum absolute atomic E-state index is 12.8. The van der Waals surface area contributed by atoms with Gasteiger partial charge < -0.3 is 21.1 Å². The van der Waals surface area contributed by atoms with Crippen LogP contribution < -0.4 is 21.3 Å². The third-order valence-electron chi connectivity index (χ3n) is 5.24. The molecule has 0 saturated carbocycles. The van der Waals surface area contributed by atoms with E-state index in [-0.39, 0.29) is 11.9 Å². The first-order chi connectivity index (χ1) is 15.5. The highest BCUT2D eigenvalue weighted by molar-refractivity contribution is 7.80. The molecule has 0 saturated heterocycles. The van der Waals surface area contributed by atoms with E-state index in [9.17, 15) is 9.59 Å². The molecule has 4 rings (SSSR count). The van der Waals surface area contributed by atoms with Crippen molar-refractivity contribution < 1.29 is 14.7 Å². The number of rotatable bonds is 5. The van der Waals surface area contributed by atoms with E-state index in [4.69, 9.17) is 17.3 Å². The quantitative estimate of drug-likeness (QED) is 0.354. The smallest absolute Gasteiger partial charge is 0.409 e. The van der Waals surface area contributed by atoms with Crippen LogP contribution in [0.5, 0.6) is 0 Å². The number of carboxylic acid groups (broad SMARTS) is 1.